The van der Waals surface area contributed by atoms with E-state index in [1.807, 2.05) is 68.4 Å². The summed E-state index contributed by atoms with van der Waals surface area (Å²) in [5.74, 6) is -0.177. The second-order valence-corrected chi connectivity index (χ2v) is 11.7. The SMILES string of the molecule is CCCCNC(=O)[C@@H](C)N(Cc1ccccc1C)C(=O)CN(c1ccc(OCc2ccccc2)cc1)S(C)(=O)=O. The Balaban J connectivity index is 1.81. The summed E-state index contributed by atoms with van der Waals surface area (Å²) in [5.41, 5.74) is 3.20. The van der Waals surface area contributed by atoms with Crippen LogP contribution in [0.4, 0.5) is 5.69 Å². The highest BCUT2D eigenvalue weighted by Gasteiger charge is 2.30. The van der Waals surface area contributed by atoms with Crippen molar-refractivity contribution < 1.29 is 22.7 Å². The van der Waals surface area contributed by atoms with Crippen molar-refractivity contribution >= 4 is 27.5 Å². The number of unbranched alkanes of at least 4 members (excludes halogenated alkanes) is 1. The highest BCUT2D eigenvalue weighted by atomic mass is 32.2. The molecular weight excluding hydrogens is 526 g/mol. The van der Waals surface area contributed by atoms with Gasteiger partial charge in [0, 0.05) is 13.1 Å². The molecule has 3 rings (SSSR count). The van der Waals surface area contributed by atoms with Crippen molar-refractivity contribution in [1.29, 1.82) is 0 Å². The van der Waals surface area contributed by atoms with Gasteiger partial charge in [0.25, 0.3) is 0 Å². The van der Waals surface area contributed by atoms with Gasteiger partial charge < -0.3 is 15.0 Å². The average molecular weight is 566 g/mol. The number of ether oxygens (including phenoxy) is 1. The van der Waals surface area contributed by atoms with Crippen molar-refractivity contribution in [3.8, 4) is 5.75 Å². The molecule has 1 atom stereocenters. The molecule has 0 aliphatic heterocycles. The highest BCUT2D eigenvalue weighted by Crippen LogP contribution is 2.23. The third-order valence-corrected chi connectivity index (χ3v) is 7.79. The van der Waals surface area contributed by atoms with Crippen LogP contribution in [0.3, 0.4) is 0 Å². The minimum atomic E-state index is -3.81. The highest BCUT2D eigenvalue weighted by molar-refractivity contribution is 7.92. The lowest BCUT2D eigenvalue weighted by Gasteiger charge is -2.32. The molecule has 0 aromatic heterocycles. The minimum absolute atomic E-state index is 0.178. The molecule has 0 aliphatic rings. The zero-order chi connectivity index (χ0) is 29.1. The van der Waals surface area contributed by atoms with Crippen molar-refractivity contribution in [2.45, 2.75) is 52.8 Å². The molecule has 214 valence electrons. The predicted octanol–water partition coefficient (Wildman–Crippen LogP) is 4.67. The Morgan fingerprint density at radius 1 is 0.950 bits per heavy atom. The number of hydrogen-bond donors (Lipinski definition) is 1. The minimum Gasteiger partial charge on any atom is -0.489 e. The number of sulfonamides is 1. The molecule has 2 amide bonds. The largest absolute Gasteiger partial charge is 0.489 e. The standard InChI is InChI=1S/C31H39N3O5S/c1-5-6-20-32-31(36)25(3)33(21-27-15-11-10-12-24(27)2)30(35)22-34(40(4,37)38)28-16-18-29(19-17-28)39-23-26-13-8-7-9-14-26/h7-19,25H,5-6,20-23H2,1-4H3,(H,32,36)/t25-/m1/s1. The first-order valence-corrected chi connectivity index (χ1v) is 15.3. The molecule has 0 heterocycles. The zero-order valence-corrected chi connectivity index (χ0v) is 24.5. The van der Waals surface area contributed by atoms with E-state index in [-0.39, 0.29) is 12.5 Å². The van der Waals surface area contributed by atoms with Gasteiger partial charge in [-0.05, 0) is 61.2 Å². The molecule has 0 spiro atoms. The van der Waals surface area contributed by atoms with Crippen LogP contribution in [-0.2, 0) is 32.8 Å². The van der Waals surface area contributed by atoms with E-state index in [9.17, 15) is 18.0 Å². The maximum atomic E-state index is 13.7. The van der Waals surface area contributed by atoms with Crippen molar-refractivity contribution in [3.05, 3.63) is 95.6 Å². The van der Waals surface area contributed by atoms with Crippen LogP contribution in [-0.4, -0.2) is 50.5 Å². The number of nitrogens with zero attached hydrogens (tertiary/aromatic N) is 2. The van der Waals surface area contributed by atoms with Gasteiger partial charge in [-0.2, -0.15) is 0 Å². The summed E-state index contributed by atoms with van der Waals surface area (Å²) in [4.78, 5) is 28.1. The Kier molecular flexibility index (Phi) is 11.1. The maximum Gasteiger partial charge on any atom is 0.244 e. The number of carbonyl (C=O) groups excluding carboxylic acids is 2. The Morgan fingerprint density at radius 2 is 1.60 bits per heavy atom. The monoisotopic (exact) mass is 565 g/mol. The number of rotatable bonds is 14. The molecule has 3 aromatic rings. The van der Waals surface area contributed by atoms with Gasteiger partial charge >= 0.3 is 0 Å². The number of benzene rings is 3. The first kappa shape index (κ1) is 30.7. The van der Waals surface area contributed by atoms with Gasteiger partial charge in [-0.3, -0.25) is 13.9 Å². The summed E-state index contributed by atoms with van der Waals surface area (Å²) in [6.07, 6.45) is 2.82. The number of aryl methyl sites for hydroxylation is 1. The van der Waals surface area contributed by atoms with Crippen molar-refractivity contribution in [2.24, 2.45) is 0 Å². The van der Waals surface area contributed by atoms with Gasteiger partial charge in [-0.25, -0.2) is 8.42 Å². The molecule has 0 radical (unpaired) electrons. The molecule has 0 bridgehead atoms. The van der Waals surface area contributed by atoms with Crippen LogP contribution < -0.4 is 14.4 Å². The van der Waals surface area contributed by atoms with Crippen molar-refractivity contribution in [1.82, 2.24) is 10.2 Å². The van der Waals surface area contributed by atoms with Gasteiger partial charge in [0.2, 0.25) is 21.8 Å². The van der Waals surface area contributed by atoms with Crippen LogP contribution in [0, 0.1) is 6.92 Å². The average Bonchev–Trinajstić information content (AvgIpc) is 2.94. The van der Waals surface area contributed by atoms with E-state index in [1.165, 1.54) is 4.90 Å². The van der Waals surface area contributed by atoms with Gasteiger partial charge in [0.15, 0.2) is 0 Å². The summed E-state index contributed by atoms with van der Waals surface area (Å²) in [5, 5.41) is 2.89. The van der Waals surface area contributed by atoms with E-state index in [2.05, 4.69) is 5.32 Å². The van der Waals surface area contributed by atoms with Crippen LogP contribution in [0.5, 0.6) is 5.75 Å². The number of anilines is 1. The lowest BCUT2D eigenvalue weighted by Crippen LogP contribution is -2.51. The lowest BCUT2D eigenvalue weighted by molar-refractivity contribution is -0.139. The molecule has 0 saturated heterocycles. The van der Waals surface area contributed by atoms with Gasteiger partial charge in [-0.1, -0.05) is 67.9 Å². The quantitative estimate of drug-likeness (QED) is 0.287. The second-order valence-electron chi connectivity index (χ2n) is 9.81. The van der Waals surface area contributed by atoms with E-state index in [0.717, 1.165) is 40.1 Å². The van der Waals surface area contributed by atoms with Gasteiger partial charge in [0.1, 0.15) is 24.9 Å². The third-order valence-electron chi connectivity index (χ3n) is 6.65. The van der Waals surface area contributed by atoms with Crippen LogP contribution in [0.2, 0.25) is 0 Å². The van der Waals surface area contributed by atoms with E-state index in [1.54, 1.807) is 31.2 Å². The zero-order valence-electron chi connectivity index (χ0n) is 23.7. The fourth-order valence-corrected chi connectivity index (χ4v) is 5.00. The van der Waals surface area contributed by atoms with E-state index < -0.39 is 28.5 Å². The lowest BCUT2D eigenvalue weighted by atomic mass is 10.1. The first-order valence-electron chi connectivity index (χ1n) is 13.5. The van der Waals surface area contributed by atoms with Crippen LogP contribution >= 0.6 is 0 Å². The van der Waals surface area contributed by atoms with Crippen LogP contribution in [0.1, 0.15) is 43.4 Å². The molecule has 0 aliphatic carbocycles. The molecule has 0 saturated carbocycles. The van der Waals surface area contributed by atoms with E-state index in [4.69, 9.17) is 4.74 Å². The molecule has 0 fully saturated rings. The van der Waals surface area contributed by atoms with Crippen LogP contribution in [0.15, 0.2) is 78.9 Å². The topological polar surface area (TPSA) is 96.0 Å². The smallest absolute Gasteiger partial charge is 0.244 e. The van der Waals surface area contributed by atoms with E-state index >= 15 is 0 Å². The number of hydrogen-bond acceptors (Lipinski definition) is 5. The molecular formula is C31H39N3O5S. The molecule has 1 N–H and O–H groups in total. The number of amides is 2. The number of nitrogens with one attached hydrogen (secondary N) is 1. The van der Waals surface area contributed by atoms with Gasteiger partial charge in [-0.15, -0.1) is 0 Å². The van der Waals surface area contributed by atoms with Gasteiger partial charge in [0.05, 0.1) is 11.9 Å². The predicted molar refractivity (Wildman–Crippen MR) is 159 cm³/mol. The Hall–Kier alpha value is -3.85. The maximum absolute atomic E-state index is 13.7. The molecule has 40 heavy (non-hydrogen) atoms. The summed E-state index contributed by atoms with van der Waals surface area (Å²) in [6.45, 7) is 6.26. The fraction of sp³-hybridized carbons (Fsp3) is 0.355. The van der Waals surface area contributed by atoms with Crippen LogP contribution in [0.25, 0.3) is 0 Å². The first-order chi connectivity index (χ1) is 19.1. The molecule has 0 unspecified atom stereocenters. The summed E-state index contributed by atoms with van der Waals surface area (Å²) in [7, 11) is -3.81. The summed E-state index contributed by atoms with van der Waals surface area (Å²) in [6, 6.07) is 23.1. The molecule has 8 nitrogen and oxygen atoms in total. The molecule has 3 aromatic carbocycles. The Bertz CT molecular complexity index is 1360. The van der Waals surface area contributed by atoms with Crippen molar-refractivity contribution in [3.63, 3.8) is 0 Å². The summed E-state index contributed by atoms with van der Waals surface area (Å²) < 4.78 is 32.5. The Labute approximate surface area is 238 Å². The normalized spacial score (nSPS) is 11.9. The van der Waals surface area contributed by atoms with Crippen molar-refractivity contribution in [2.75, 3.05) is 23.7 Å². The fourth-order valence-electron chi connectivity index (χ4n) is 4.15. The van der Waals surface area contributed by atoms with E-state index in [0.29, 0.717) is 24.6 Å². The number of carbonyl (C=O) groups is 2. The third kappa shape index (κ3) is 8.84. The molecule has 9 heteroatoms. The second kappa shape index (κ2) is 14.5. The summed E-state index contributed by atoms with van der Waals surface area (Å²) >= 11 is 0. The Morgan fingerprint density at radius 3 is 2.23 bits per heavy atom.